The van der Waals surface area contributed by atoms with Crippen LogP contribution in [0.15, 0.2) is 16.2 Å². The van der Waals surface area contributed by atoms with E-state index in [1.165, 1.54) is 10.5 Å². The Morgan fingerprint density at radius 1 is 1.38 bits per heavy atom. The third kappa shape index (κ3) is 5.04. The average molecular weight is 453 g/mol. The molecular weight excluding hydrogens is 430 g/mol. The Bertz CT molecular complexity index is 549. The molecule has 1 fully saturated rings. The number of carbonyl (C=O) groups is 2. The molecule has 1 aliphatic rings. The van der Waals surface area contributed by atoms with Crippen LogP contribution in [0.3, 0.4) is 0 Å². The van der Waals surface area contributed by atoms with Crippen molar-refractivity contribution in [3.05, 3.63) is 19.8 Å². The number of aliphatic hydroxyl groups excluding tert-OH is 2. The third-order valence-electron chi connectivity index (χ3n) is 3.89. The first-order valence-corrected chi connectivity index (χ1v) is 10.4. The fourth-order valence-electron chi connectivity index (χ4n) is 2.64. The minimum atomic E-state index is -1.27. The molecule has 0 aliphatic carbocycles. The van der Waals surface area contributed by atoms with Gasteiger partial charge in [-0.3, -0.25) is 0 Å². The molecule has 0 saturated carbocycles. The fourth-order valence-corrected chi connectivity index (χ4v) is 4.66. The summed E-state index contributed by atoms with van der Waals surface area (Å²) in [5.74, 6) is -0.854. The van der Waals surface area contributed by atoms with E-state index in [2.05, 4.69) is 9.40 Å². The van der Waals surface area contributed by atoms with E-state index in [9.17, 15) is 19.8 Å². The molecule has 1 saturated heterocycles. The summed E-state index contributed by atoms with van der Waals surface area (Å²) in [6.45, 7) is 3.02. The number of hydrogen-bond donors (Lipinski definition) is 3. The molecule has 24 heavy (non-hydrogen) atoms. The number of nitrogens with one attached hydrogen (secondary N) is 1. The molecule has 1 aliphatic heterocycles. The van der Waals surface area contributed by atoms with E-state index in [4.69, 9.17) is 9.47 Å². The molecule has 0 bridgehead atoms. The second kappa shape index (κ2) is 8.97. The van der Waals surface area contributed by atoms with Crippen molar-refractivity contribution in [2.24, 2.45) is 0 Å². The first-order chi connectivity index (χ1) is 11.4. The summed E-state index contributed by atoms with van der Waals surface area (Å²) >= 11 is -0.277. The van der Waals surface area contributed by atoms with Crippen molar-refractivity contribution < 1.29 is 29.3 Å². The van der Waals surface area contributed by atoms with Crippen molar-refractivity contribution in [2.75, 3.05) is 0 Å². The van der Waals surface area contributed by atoms with Crippen LogP contribution in [0.5, 0.6) is 0 Å². The maximum absolute atomic E-state index is 12.2. The Kier molecular flexibility index (Phi) is 7.26. The number of ether oxygens (including phenoxy) is 2. The summed E-state index contributed by atoms with van der Waals surface area (Å²) < 4.78 is 14.0. The van der Waals surface area contributed by atoms with E-state index in [1.54, 1.807) is 6.92 Å². The average Bonchev–Trinajstić information content (AvgIpc) is 3.05. The molecule has 3 N–H and O–H groups in total. The van der Waals surface area contributed by atoms with Crippen LogP contribution >= 0.6 is 0 Å². The molecule has 1 aromatic heterocycles. The predicted molar refractivity (Wildman–Crippen MR) is 86.4 cm³/mol. The molecule has 2 heterocycles. The topological polar surface area (TPSA) is 105 Å². The van der Waals surface area contributed by atoms with E-state index in [0.29, 0.717) is 12.8 Å². The second-order valence-corrected chi connectivity index (χ2v) is 8.66. The minimum absolute atomic E-state index is 0.276. The second-order valence-electron chi connectivity index (χ2n) is 5.71. The van der Waals surface area contributed by atoms with Gasteiger partial charge in [-0.1, -0.05) is 0 Å². The van der Waals surface area contributed by atoms with Gasteiger partial charge in [0.15, 0.2) is 0 Å². The van der Waals surface area contributed by atoms with Crippen LogP contribution < -0.4 is 5.32 Å². The summed E-state index contributed by atoms with van der Waals surface area (Å²) in [6.07, 6.45) is -2.79. The van der Waals surface area contributed by atoms with Gasteiger partial charge in [-0.15, -0.1) is 0 Å². The molecule has 134 valence electrons. The fraction of sp³-hybridized carbons (Fsp3) is 0.625. The van der Waals surface area contributed by atoms with Crippen LogP contribution in [0.25, 0.3) is 0 Å². The zero-order chi connectivity index (χ0) is 17.7. The molecule has 1 aromatic rings. The summed E-state index contributed by atoms with van der Waals surface area (Å²) in [6, 6.07) is 3.05. The van der Waals surface area contributed by atoms with Crippen LogP contribution in [0.2, 0.25) is 0 Å². The summed E-state index contributed by atoms with van der Waals surface area (Å²) in [5, 5.41) is 23.0. The Balaban J connectivity index is 2.00. The molecule has 0 spiro atoms. The number of esters is 1. The van der Waals surface area contributed by atoms with Crippen molar-refractivity contribution in [1.29, 1.82) is 0 Å². The van der Waals surface area contributed by atoms with E-state index >= 15 is 0 Å². The Morgan fingerprint density at radius 3 is 2.71 bits per heavy atom. The standard InChI is InChI=1S/C16H23NO6Te/c1-3-11-14(20)15(21)13(16(23-11)22-9(2)18)17-12(19)7-6-10-5-4-8-24-10/h4-5,8,11,13-16,20-21H,3,6-7H2,1-2H3,(H,17,19)/t11?,13?,14-,15-,16?/m1/s1. The van der Waals surface area contributed by atoms with Gasteiger partial charge in [0.05, 0.1) is 0 Å². The number of aryl methyl sites for hydroxylation is 1. The van der Waals surface area contributed by atoms with Crippen molar-refractivity contribution >= 4 is 32.3 Å². The maximum atomic E-state index is 12.2. The van der Waals surface area contributed by atoms with Gasteiger partial charge in [0.2, 0.25) is 0 Å². The van der Waals surface area contributed by atoms with Gasteiger partial charge in [0, 0.05) is 0 Å². The van der Waals surface area contributed by atoms with Crippen LogP contribution in [-0.4, -0.2) is 73.2 Å². The van der Waals surface area contributed by atoms with Crippen molar-refractivity contribution in [2.45, 2.75) is 63.8 Å². The Labute approximate surface area is 150 Å². The number of hydrogen-bond acceptors (Lipinski definition) is 6. The van der Waals surface area contributed by atoms with E-state index in [0.717, 1.165) is 0 Å². The van der Waals surface area contributed by atoms with E-state index in [1.807, 2.05) is 12.1 Å². The summed E-state index contributed by atoms with van der Waals surface area (Å²) in [4.78, 5) is 23.4. The van der Waals surface area contributed by atoms with Gasteiger partial charge in [0.1, 0.15) is 0 Å². The molecular formula is C16H23NO6Te. The van der Waals surface area contributed by atoms with Gasteiger partial charge < -0.3 is 0 Å². The molecule has 8 heteroatoms. The SMILES string of the molecule is CCC1OC(OC(C)=O)C(NC(=O)CCc2ccc[te]2)[C@@H](O)[C@@H]1O. The van der Waals surface area contributed by atoms with Crippen LogP contribution in [0, 0.1) is 0 Å². The molecule has 5 atom stereocenters. The zero-order valence-electron chi connectivity index (χ0n) is 13.7. The van der Waals surface area contributed by atoms with Gasteiger partial charge in [-0.2, -0.15) is 0 Å². The number of rotatable bonds is 6. The quantitative estimate of drug-likeness (QED) is 0.400. The van der Waals surface area contributed by atoms with E-state index < -0.39 is 36.6 Å². The molecule has 7 nitrogen and oxygen atoms in total. The van der Waals surface area contributed by atoms with Crippen LogP contribution in [0.4, 0.5) is 0 Å². The molecule has 2 rings (SSSR count). The van der Waals surface area contributed by atoms with E-state index in [-0.39, 0.29) is 32.8 Å². The van der Waals surface area contributed by atoms with Crippen molar-refractivity contribution in [1.82, 2.24) is 5.32 Å². The molecule has 0 aromatic carbocycles. The Hall–Kier alpha value is -0.910. The summed E-state index contributed by atoms with van der Waals surface area (Å²) in [5.41, 5.74) is 0. The number of amides is 1. The van der Waals surface area contributed by atoms with Gasteiger partial charge in [-0.05, 0) is 0 Å². The van der Waals surface area contributed by atoms with Crippen molar-refractivity contribution in [3.63, 3.8) is 0 Å². The first kappa shape index (κ1) is 19.4. The van der Waals surface area contributed by atoms with Crippen LogP contribution in [-0.2, 0) is 25.5 Å². The normalized spacial score (nSPS) is 29.9. The molecule has 1 amide bonds. The summed E-state index contributed by atoms with van der Waals surface area (Å²) in [7, 11) is 0. The van der Waals surface area contributed by atoms with Gasteiger partial charge in [0.25, 0.3) is 0 Å². The van der Waals surface area contributed by atoms with Crippen LogP contribution in [0.1, 0.15) is 30.3 Å². The molecule has 3 unspecified atom stereocenters. The first-order valence-electron chi connectivity index (χ1n) is 7.93. The molecule has 0 radical (unpaired) electrons. The monoisotopic (exact) mass is 455 g/mol. The third-order valence-corrected chi connectivity index (χ3v) is 6.56. The van der Waals surface area contributed by atoms with Gasteiger partial charge >= 0.3 is 150 Å². The number of aliphatic hydroxyl groups is 2. The van der Waals surface area contributed by atoms with Gasteiger partial charge in [-0.25, -0.2) is 0 Å². The zero-order valence-corrected chi connectivity index (χ0v) is 16.0. The Morgan fingerprint density at radius 2 is 2.12 bits per heavy atom. The van der Waals surface area contributed by atoms with Crippen molar-refractivity contribution in [3.8, 4) is 0 Å². The predicted octanol–water partition coefficient (Wildman–Crippen LogP) is -0.419. The number of carbonyl (C=O) groups excluding carboxylic acids is 2.